The quantitative estimate of drug-likeness (QED) is 0.612. The number of anilines is 1. The van der Waals surface area contributed by atoms with Crippen molar-refractivity contribution < 1.29 is 13.3 Å². The van der Waals surface area contributed by atoms with Gasteiger partial charge in [0.2, 0.25) is 0 Å². The average Bonchev–Trinajstić information content (AvgIpc) is 3.23. The molecule has 2 aliphatic carbocycles. The maximum absolute atomic E-state index is 12.3. The average molecular weight is 317 g/mol. The van der Waals surface area contributed by atoms with Crippen LogP contribution in [0, 0.1) is 22.0 Å². The first kappa shape index (κ1) is 13.8. The Morgan fingerprint density at radius 1 is 1.35 bits per heavy atom. The Kier molecular flexibility index (Phi) is 3.22. The molecule has 0 aliphatic heterocycles. The van der Waals surface area contributed by atoms with Crippen molar-refractivity contribution in [2.75, 3.05) is 5.73 Å². The van der Waals surface area contributed by atoms with E-state index in [0.29, 0.717) is 11.8 Å². The maximum atomic E-state index is 12.3. The van der Waals surface area contributed by atoms with Gasteiger partial charge in [-0.05, 0) is 37.5 Å². The highest BCUT2D eigenvalue weighted by molar-refractivity contribution is 7.91. The normalized spacial score (nSPS) is 19.4. The fourth-order valence-corrected chi connectivity index (χ4v) is 4.98. The first-order valence-corrected chi connectivity index (χ1v) is 8.74. The molecule has 3 N–H and O–H groups in total. The summed E-state index contributed by atoms with van der Waals surface area (Å²) >= 11 is 0.742. The monoisotopic (exact) mass is 317 g/mol. The largest absolute Gasteiger partial charge is 0.385 e. The zero-order valence-corrected chi connectivity index (χ0v) is 12.2. The van der Waals surface area contributed by atoms with E-state index in [1.54, 1.807) is 0 Å². The Labute approximate surface area is 120 Å². The SMILES string of the molecule is Nc1sc(S(=O)(=O)NC(C2CC2)C2CC2)cc1[N+](=O)[O-]. The molecule has 110 valence electrons. The van der Waals surface area contributed by atoms with Gasteiger partial charge in [-0.2, -0.15) is 0 Å². The summed E-state index contributed by atoms with van der Waals surface area (Å²) in [6.45, 7) is 0. The number of nitrogens with one attached hydrogen (secondary N) is 1. The minimum atomic E-state index is -3.72. The van der Waals surface area contributed by atoms with Crippen LogP contribution in [0.15, 0.2) is 10.3 Å². The molecule has 1 aromatic rings. The van der Waals surface area contributed by atoms with Gasteiger partial charge < -0.3 is 5.73 Å². The fourth-order valence-electron chi connectivity index (χ4n) is 2.37. The summed E-state index contributed by atoms with van der Waals surface area (Å²) < 4.78 is 27.3. The van der Waals surface area contributed by atoms with Crippen LogP contribution in [0.1, 0.15) is 25.7 Å². The van der Waals surface area contributed by atoms with Crippen LogP contribution in [0.25, 0.3) is 0 Å². The third kappa shape index (κ3) is 2.65. The third-order valence-corrected chi connectivity index (χ3v) is 6.62. The lowest BCUT2D eigenvalue weighted by Gasteiger charge is -2.16. The zero-order chi connectivity index (χ0) is 14.5. The molecule has 0 aromatic carbocycles. The highest BCUT2D eigenvalue weighted by Gasteiger charge is 2.44. The summed E-state index contributed by atoms with van der Waals surface area (Å²) in [7, 11) is -3.72. The summed E-state index contributed by atoms with van der Waals surface area (Å²) in [5.74, 6) is 0.842. The van der Waals surface area contributed by atoms with Crippen molar-refractivity contribution in [1.82, 2.24) is 4.72 Å². The van der Waals surface area contributed by atoms with Crippen molar-refractivity contribution in [2.45, 2.75) is 35.9 Å². The number of sulfonamides is 1. The number of nitro groups is 1. The van der Waals surface area contributed by atoms with Gasteiger partial charge in [-0.3, -0.25) is 10.1 Å². The smallest absolute Gasteiger partial charge is 0.304 e. The second kappa shape index (κ2) is 4.68. The molecule has 0 atom stereocenters. The Hall–Kier alpha value is -1.19. The van der Waals surface area contributed by atoms with Crippen LogP contribution in [0.4, 0.5) is 10.7 Å². The second-order valence-corrected chi connectivity index (χ2v) is 8.42. The Morgan fingerprint density at radius 3 is 2.30 bits per heavy atom. The predicted molar refractivity (Wildman–Crippen MR) is 74.9 cm³/mol. The van der Waals surface area contributed by atoms with Crippen LogP contribution in [0.3, 0.4) is 0 Å². The first-order valence-electron chi connectivity index (χ1n) is 6.44. The van der Waals surface area contributed by atoms with Gasteiger partial charge in [-0.15, -0.1) is 0 Å². The number of hydrogen-bond donors (Lipinski definition) is 2. The van der Waals surface area contributed by atoms with Crippen molar-refractivity contribution in [1.29, 1.82) is 0 Å². The van der Waals surface area contributed by atoms with E-state index < -0.39 is 14.9 Å². The summed E-state index contributed by atoms with van der Waals surface area (Å²) in [5.41, 5.74) is 5.16. The Balaban J connectivity index is 1.83. The van der Waals surface area contributed by atoms with Gasteiger partial charge in [0.1, 0.15) is 4.21 Å². The molecule has 3 rings (SSSR count). The molecule has 2 aliphatic rings. The predicted octanol–water partition coefficient (Wildman–Crippen LogP) is 1.71. The van der Waals surface area contributed by atoms with Crippen molar-refractivity contribution in [3.63, 3.8) is 0 Å². The lowest BCUT2D eigenvalue weighted by atomic mass is 10.1. The Bertz CT molecular complexity index is 635. The molecular formula is C11H15N3O4S2. The molecule has 7 nitrogen and oxygen atoms in total. The highest BCUT2D eigenvalue weighted by Crippen LogP contribution is 2.45. The third-order valence-electron chi connectivity index (χ3n) is 3.73. The lowest BCUT2D eigenvalue weighted by Crippen LogP contribution is -2.37. The molecule has 0 spiro atoms. The highest BCUT2D eigenvalue weighted by atomic mass is 32.2. The lowest BCUT2D eigenvalue weighted by molar-refractivity contribution is -0.383. The second-order valence-electron chi connectivity index (χ2n) is 5.39. The van der Waals surface area contributed by atoms with E-state index in [-0.39, 0.29) is 20.9 Å². The van der Waals surface area contributed by atoms with Crippen LogP contribution < -0.4 is 10.5 Å². The number of nitrogen functional groups attached to an aromatic ring is 1. The van der Waals surface area contributed by atoms with Crippen molar-refractivity contribution in [3.05, 3.63) is 16.2 Å². The number of thiophene rings is 1. The molecule has 1 aromatic heterocycles. The molecule has 0 unspecified atom stereocenters. The van der Waals surface area contributed by atoms with Crippen LogP contribution >= 0.6 is 11.3 Å². The minimum absolute atomic E-state index is 0.0256. The number of nitrogens with zero attached hydrogens (tertiary/aromatic N) is 1. The van der Waals surface area contributed by atoms with Gasteiger partial charge in [0.15, 0.2) is 5.00 Å². The molecule has 0 saturated heterocycles. The molecule has 2 saturated carbocycles. The molecule has 0 radical (unpaired) electrons. The topological polar surface area (TPSA) is 115 Å². The van der Waals surface area contributed by atoms with Gasteiger partial charge in [0, 0.05) is 12.1 Å². The van der Waals surface area contributed by atoms with Gasteiger partial charge in [0.05, 0.1) is 4.92 Å². The Morgan fingerprint density at radius 2 is 1.90 bits per heavy atom. The van der Waals surface area contributed by atoms with E-state index in [9.17, 15) is 18.5 Å². The number of hydrogen-bond acceptors (Lipinski definition) is 6. The van der Waals surface area contributed by atoms with Gasteiger partial charge in [0.25, 0.3) is 10.0 Å². The van der Waals surface area contributed by atoms with Crippen molar-refractivity contribution >= 4 is 32.0 Å². The van der Waals surface area contributed by atoms with Crippen molar-refractivity contribution in [3.8, 4) is 0 Å². The molecule has 1 heterocycles. The van der Waals surface area contributed by atoms with Gasteiger partial charge in [-0.1, -0.05) is 11.3 Å². The molecule has 2 fully saturated rings. The van der Waals surface area contributed by atoms with E-state index in [4.69, 9.17) is 5.73 Å². The molecule has 0 amide bonds. The number of nitrogens with two attached hydrogens (primary N) is 1. The number of rotatable bonds is 6. The zero-order valence-electron chi connectivity index (χ0n) is 10.6. The molecule has 20 heavy (non-hydrogen) atoms. The summed E-state index contributed by atoms with van der Waals surface area (Å²) in [5, 5.41) is 10.7. The minimum Gasteiger partial charge on any atom is -0.385 e. The van der Waals surface area contributed by atoms with Crippen LogP contribution in [-0.2, 0) is 10.0 Å². The summed E-state index contributed by atoms with van der Waals surface area (Å²) in [6.07, 6.45) is 4.21. The molecule has 0 bridgehead atoms. The summed E-state index contributed by atoms with van der Waals surface area (Å²) in [6, 6.07) is 1.02. The van der Waals surface area contributed by atoms with Gasteiger partial charge >= 0.3 is 5.69 Å². The van der Waals surface area contributed by atoms with Crippen molar-refractivity contribution in [2.24, 2.45) is 11.8 Å². The molecular weight excluding hydrogens is 302 g/mol. The van der Waals surface area contributed by atoms with Crippen LogP contribution in [0.2, 0.25) is 0 Å². The maximum Gasteiger partial charge on any atom is 0.304 e. The van der Waals surface area contributed by atoms with E-state index >= 15 is 0 Å². The molecule has 9 heteroatoms. The fraction of sp³-hybridized carbons (Fsp3) is 0.636. The van der Waals surface area contributed by atoms with Gasteiger partial charge in [-0.25, -0.2) is 13.1 Å². The summed E-state index contributed by atoms with van der Waals surface area (Å²) in [4.78, 5) is 10.1. The van der Waals surface area contributed by atoms with Crippen LogP contribution in [0.5, 0.6) is 0 Å². The van der Waals surface area contributed by atoms with E-state index in [1.807, 2.05) is 0 Å². The van der Waals surface area contributed by atoms with E-state index in [0.717, 1.165) is 43.1 Å². The van der Waals surface area contributed by atoms with Crippen LogP contribution in [-0.4, -0.2) is 19.4 Å². The first-order chi connectivity index (χ1) is 9.38. The van der Waals surface area contributed by atoms with E-state index in [1.165, 1.54) is 0 Å². The standard InChI is InChI=1S/C11H15N3O4S2/c12-11-8(14(15)16)5-9(19-11)20(17,18)13-10(6-1-2-6)7-3-4-7/h5-7,10,13H,1-4,12H2. The van der Waals surface area contributed by atoms with E-state index in [2.05, 4.69) is 4.72 Å².